The fourth-order valence-electron chi connectivity index (χ4n) is 4.25. The Labute approximate surface area is 224 Å². The van der Waals surface area contributed by atoms with Crippen molar-refractivity contribution in [1.82, 2.24) is 15.6 Å². The minimum atomic E-state index is -0.556. The molecule has 7 nitrogen and oxygen atoms in total. The molecule has 194 valence electrons. The minimum Gasteiger partial charge on any atom is -0.442 e. The number of benzene rings is 2. The van der Waals surface area contributed by atoms with E-state index in [2.05, 4.69) is 27.8 Å². The minimum absolute atomic E-state index is 0.200. The predicted octanol–water partition coefficient (Wildman–Crippen LogP) is 5.37. The molecular formula is C29H27FN4O3S. The highest BCUT2D eigenvalue weighted by molar-refractivity contribution is 7.15. The van der Waals surface area contributed by atoms with Crippen molar-refractivity contribution < 1.29 is 18.7 Å². The monoisotopic (exact) mass is 530 g/mol. The summed E-state index contributed by atoms with van der Waals surface area (Å²) in [5, 5.41) is 6.09. The van der Waals surface area contributed by atoms with Crippen LogP contribution in [0.5, 0.6) is 0 Å². The maximum Gasteiger partial charge on any atom is 0.414 e. The molecule has 38 heavy (non-hydrogen) atoms. The summed E-state index contributed by atoms with van der Waals surface area (Å²) in [4.78, 5) is 31.5. The largest absolute Gasteiger partial charge is 0.442 e. The number of nitrogens with one attached hydrogen (secondary N) is 2. The smallest absolute Gasteiger partial charge is 0.414 e. The number of nitrogens with zero attached hydrogens (tertiary/aromatic N) is 2. The van der Waals surface area contributed by atoms with E-state index < -0.39 is 18.0 Å². The van der Waals surface area contributed by atoms with Crippen molar-refractivity contribution in [2.24, 2.45) is 0 Å². The highest BCUT2D eigenvalue weighted by Gasteiger charge is 2.32. The van der Waals surface area contributed by atoms with Crippen LogP contribution in [-0.2, 0) is 22.6 Å². The molecule has 5 rings (SSSR count). The van der Waals surface area contributed by atoms with Crippen LogP contribution in [0.3, 0.4) is 0 Å². The fourth-order valence-corrected chi connectivity index (χ4v) is 5.21. The van der Waals surface area contributed by atoms with Crippen molar-refractivity contribution in [2.45, 2.75) is 26.1 Å². The first-order chi connectivity index (χ1) is 18.5. The van der Waals surface area contributed by atoms with Gasteiger partial charge < -0.3 is 15.4 Å². The van der Waals surface area contributed by atoms with Crippen LogP contribution < -0.4 is 15.5 Å². The van der Waals surface area contributed by atoms with E-state index in [4.69, 9.17) is 4.74 Å². The van der Waals surface area contributed by atoms with Crippen molar-refractivity contribution in [1.29, 1.82) is 0 Å². The molecule has 0 radical (unpaired) electrons. The van der Waals surface area contributed by atoms with Crippen LogP contribution in [0.1, 0.15) is 17.4 Å². The van der Waals surface area contributed by atoms with Crippen molar-refractivity contribution in [3.05, 3.63) is 95.3 Å². The quantitative estimate of drug-likeness (QED) is 0.304. The highest BCUT2D eigenvalue weighted by atomic mass is 32.1. The van der Waals surface area contributed by atoms with Gasteiger partial charge in [0.15, 0.2) is 0 Å². The molecule has 1 fully saturated rings. The molecule has 1 aliphatic rings. The Morgan fingerprint density at radius 1 is 1.11 bits per heavy atom. The average molecular weight is 531 g/mol. The van der Waals surface area contributed by atoms with E-state index >= 15 is 4.39 Å². The van der Waals surface area contributed by atoms with Gasteiger partial charge in [-0.15, -0.1) is 11.3 Å². The summed E-state index contributed by atoms with van der Waals surface area (Å²) in [7, 11) is 0. The Morgan fingerprint density at radius 3 is 2.68 bits per heavy atom. The molecule has 2 aromatic carbocycles. The molecule has 0 saturated carbocycles. The first-order valence-corrected chi connectivity index (χ1v) is 13.1. The second kappa shape index (κ2) is 11.5. The molecule has 0 unspecified atom stereocenters. The number of cyclic esters (lactones) is 1. The van der Waals surface area contributed by atoms with E-state index in [1.54, 1.807) is 29.7 Å². The molecule has 1 aliphatic heterocycles. The third kappa shape index (κ3) is 6.07. The van der Waals surface area contributed by atoms with Crippen LogP contribution in [0.15, 0.2) is 79.0 Å². The second-order valence-corrected chi connectivity index (χ2v) is 10.2. The Morgan fingerprint density at radius 2 is 1.95 bits per heavy atom. The van der Waals surface area contributed by atoms with Crippen molar-refractivity contribution in [3.8, 4) is 21.7 Å². The molecule has 3 heterocycles. The van der Waals surface area contributed by atoms with E-state index in [9.17, 15) is 9.59 Å². The topological polar surface area (TPSA) is 83.6 Å². The number of carbonyl (C=O) groups excluding carboxylic acids is 2. The zero-order chi connectivity index (χ0) is 26.5. The molecule has 2 aromatic heterocycles. The molecule has 1 atom stereocenters. The van der Waals surface area contributed by atoms with E-state index in [1.165, 1.54) is 22.8 Å². The Kier molecular flexibility index (Phi) is 7.76. The van der Waals surface area contributed by atoms with Gasteiger partial charge in [0, 0.05) is 36.7 Å². The molecular weight excluding hydrogens is 503 g/mol. The van der Waals surface area contributed by atoms with Crippen molar-refractivity contribution >= 4 is 29.0 Å². The second-order valence-electron chi connectivity index (χ2n) is 9.00. The molecule has 2 N–H and O–H groups in total. The third-order valence-corrected chi connectivity index (χ3v) is 7.30. The van der Waals surface area contributed by atoms with Crippen molar-refractivity contribution in [3.63, 3.8) is 0 Å². The molecule has 4 aromatic rings. The van der Waals surface area contributed by atoms with Crippen LogP contribution in [-0.4, -0.2) is 36.2 Å². The van der Waals surface area contributed by atoms with Gasteiger partial charge in [0.05, 0.1) is 29.3 Å². The molecule has 1 saturated heterocycles. The number of halogens is 1. The number of rotatable bonds is 9. The number of anilines is 1. The van der Waals surface area contributed by atoms with E-state index in [0.717, 1.165) is 28.2 Å². The SMILES string of the molecule is CC(=O)NC[C@H]1CN(c2ccc(-c3ccc(CNCc4ccc(-c5ccccn5)s4)cc3)c(F)c2)C(=O)O1. The highest BCUT2D eigenvalue weighted by Crippen LogP contribution is 2.30. The van der Waals surface area contributed by atoms with Gasteiger partial charge in [-0.1, -0.05) is 30.3 Å². The third-order valence-electron chi connectivity index (χ3n) is 6.19. The lowest BCUT2D eigenvalue weighted by molar-refractivity contribution is -0.119. The Bertz CT molecular complexity index is 1430. The summed E-state index contributed by atoms with van der Waals surface area (Å²) in [6.45, 7) is 3.31. The zero-order valence-electron chi connectivity index (χ0n) is 20.8. The van der Waals surface area contributed by atoms with Gasteiger partial charge in [-0.25, -0.2) is 9.18 Å². The number of hydrogen-bond acceptors (Lipinski definition) is 6. The molecule has 0 bridgehead atoms. The van der Waals surface area contributed by atoms with E-state index in [-0.39, 0.29) is 19.0 Å². The van der Waals surface area contributed by atoms with Crippen LogP contribution in [0.2, 0.25) is 0 Å². The molecule has 2 amide bonds. The van der Waals surface area contributed by atoms with Crippen LogP contribution in [0.25, 0.3) is 21.7 Å². The maximum atomic E-state index is 15.0. The van der Waals surface area contributed by atoms with Gasteiger partial charge in [-0.05, 0) is 53.6 Å². The number of hydrogen-bond donors (Lipinski definition) is 2. The number of aromatic nitrogens is 1. The van der Waals surface area contributed by atoms with Crippen LogP contribution in [0.4, 0.5) is 14.9 Å². The number of pyridine rings is 1. The van der Waals surface area contributed by atoms with Gasteiger partial charge in [-0.3, -0.25) is 14.7 Å². The lowest BCUT2D eigenvalue weighted by Gasteiger charge is -2.15. The first kappa shape index (κ1) is 25.6. The number of thiophene rings is 1. The normalized spacial score (nSPS) is 14.9. The zero-order valence-corrected chi connectivity index (χ0v) is 21.6. The number of amides is 2. The first-order valence-electron chi connectivity index (χ1n) is 12.3. The predicted molar refractivity (Wildman–Crippen MR) is 146 cm³/mol. The summed E-state index contributed by atoms with van der Waals surface area (Å²) in [5.41, 5.74) is 3.70. The van der Waals surface area contributed by atoms with Gasteiger partial charge in [0.25, 0.3) is 0 Å². The van der Waals surface area contributed by atoms with Gasteiger partial charge in [0.1, 0.15) is 11.9 Å². The van der Waals surface area contributed by atoms with Gasteiger partial charge in [-0.2, -0.15) is 0 Å². The lowest BCUT2D eigenvalue weighted by atomic mass is 10.0. The molecule has 0 spiro atoms. The number of ether oxygens (including phenoxy) is 1. The Hall–Kier alpha value is -4.08. The lowest BCUT2D eigenvalue weighted by Crippen LogP contribution is -2.33. The summed E-state index contributed by atoms with van der Waals surface area (Å²) in [6, 6.07) is 22.6. The van der Waals surface area contributed by atoms with Crippen molar-refractivity contribution in [2.75, 3.05) is 18.0 Å². The maximum absolute atomic E-state index is 15.0. The van der Waals surface area contributed by atoms with Gasteiger partial charge in [0.2, 0.25) is 5.91 Å². The summed E-state index contributed by atoms with van der Waals surface area (Å²) >= 11 is 1.72. The van der Waals surface area contributed by atoms with Crippen LogP contribution >= 0.6 is 11.3 Å². The Balaban J connectivity index is 1.16. The van der Waals surface area contributed by atoms with E-state index in [1.807, 2.05) is 42.5 Å². The van der Waals surface area contributed by atoms with E-state index in [0.29, 0.717) is 17.8 Å². The van der Waals surface area contributed by atoms with Crippen LogP contribution in [0, 0.1) is 5.82 Å². The molecule has 0 aliphatic carbocycles. The summed E-state index contributed by atoms with van der Waals surface area (Å²) in [6.07, 6.45) is 0.769. The average Bonchev–Trinajstić information content (AvgIpc) is 3.55. The standard InChI is InChI=1S/C29H27FN4O3S/c1-19(35)33-16-23-18-34(29(36)37-23)22-9-11-25(26(30)14-22)21-7-5-20(6-8-21)15-31-17-24-10-12-28(38-24)27-4-2-3-13-32-27/h2-14,23,31H,15-18H2,1H3,(H,33,35)/t23-/m0/s1. The number of carbonyl (C=O) groups is 2. The van der Waals surface area contributed by atoms with Gasteiger partial charge >= 0.3 is 6.09 Å². The fraction of sp³-hybridized carbons (Fsp3) is 0.207. The molecule has 9 heteroatoms. The summed E-state index contributed by atoms with van der Waals surface area (Å²) < 4.78 is 20.3. The summed E-state index contributed by atoms with van der Waals surface area (Å²) in [5.74, 6) is -0.623.